The summed E-state index contributed by atoms with van der Waals surface area (Å²) in [7, 11) is 3.91. The molecule has 6 nitrogen and oxygen atoms in total. The van der Waals surface area contributed by atoms with Crippen LogP contribution in [0.2, 0.25) is 0 Å². The van der Waals surface area contributed by atoms with Crippen molar-refractivity contribution in [3.8, 4) is 0 Å². The highest BCUT2D eigenvalue weighted by molar-refractivity contribution is 8.77. The van der Waals surface area contributed by atoms with Gasteiger partial charge in [-0.3, -0.25) is 4.79 Å². The van der Waals surface area contributed by atoms with Gasteiger partial charge in [-0.15, -0.1) is 5.10 Å². The molecular formula is C51H109N5OS4. The fraction of sp³-hybridized carbons (Fsp3) is 0.863. The van der Waals surface area contributed by atoms with Gasteiger partial charge in [0.05, 0.1) is 5.69 Å². The molecule has 0 radical (unpaired) electrons. The number of amides is 1. The van der Waals surface area contributed by atoms with Gasteiger partial charge in [-0.1, -0.05) is 222 Å². The van der Waals surface area contributed by atoms with Crippen LogP contribution in [0.25, 0.3) is 0 Å². The number of nitrogens with zero attached hydrogens (tertiary/aromatic N) is 3. The Morgan fingerprint density at radius 3 is 1.13 bits per heavy atom. The maximum Gasteiger partial charge on any atom is 0.279 e. The molecule has 368 valence electrons. The van der Waals surface area contributed by atoms with E-state index in [2.05, 4.69) is 206 Å². The van der Waals surface area contributed by atoms with Crippen molar-refractivity contribution < 1.29 is 4.79 Å². The highest BCUT2D eigenvalue weighted by Crippen LogP contribution is 2.29. The predicted octanol–water partition coefficient (Wildman–Crippen LogP) is 18.0. The molecule has 1 aromatic rings. The zero-order valence-corrected chi connectivity index (χ0v) is 49.1. The van der Waals surface area contributed by atoms with Crippen molar-refractivity contribution in [1.29, 1.82) is 0 Å². The Balaban J connectivity index is -0.000000145. The van der Waals surface area contributed by atoms with E-state index in [1.165, 1.54) is 24.6 Å². The van der Waals surface area contributed by atoms with Gasteiger partial charge in [0.25, 0.3) is 5.24 Å². The van der Waals surface area contributed by atoms with Crippen LogP contribution in [0.4, 0.5) is 4.79 Å². The van der Waals surface area contributed by atoms with Gasteiger partial charge >= 0.3 is 0 Å². The smallest absolute Gasteiger partial charge is 0.279 e. The zero-order valence-electron chi connectivity index (χ0n) is 45.8. The average Bonchev–Trinajstić information content (AvgIpc) is 3.57. The minimum absolute atomic E-state index is 0.0741. The molecule has 0 atom stereocenters. The number of carbonyl (C=O) groups excluding carboxylic acids is 1. The van der Waals surface area contributed by atoms with E-state index in [1.54, 1.807) is 0 Å². The third-order valence-electron chi connectivity index (χ3n) is 6.76. The van der Waals surface area contributed by atoms with Crippen LogP contribution in [-0.2, 0) is 0 Å². The van der Waals surface area contributed by atoms with Gasteiger partial charge in [-0.05, 0) is 87.5 Å². The summed E-state index contributed by atoms with van der Waals surface area (Å²) in [6.07, 6.45) is 9.26. The number of aromatic nitrogens is 3. The quantitative estimate of drug-likeness (QED) is 0.118. The first-order chi connectivity index (χ1) is 27.7. The standard InChI is InChI=1S/C8H15N3.C8H17N.C8H18.C8H16.C7H15NOS.C6H14S2.C6H14S/c1-6(2)8-5-11(7(3)4)10-9-8;1-6(2)8(5)9-7(3)4;2*1-7(2)5-6-8(3)4;1-5(2)8-7(9)10-6(3)4;1-5(2)7-8-6(3)4;1-5(2)7-6(3)4/h5-7H,1-4H3;6-7,9H,5H2,1-4H3;7-8H,5-6H2,1-4H3;5-8H,1-4H3;5-6H,1-4H3,(H,8,9);5-6H,1-4H3;5-6H,1-4H3. The lowest BCUT2D eigenvalue weighted by Crippen LogP contribution is -2.27. The van der Waals surface area contributed by atoms with Crippen molar-refractivity contribution in [3.05, 3.63) is 36.3 Å². The van der Waals surface area contributed by atoms with E-state index in [0.717, 1.165) is 44.2 Å². The van der Waals surface area contributed by atoms with Crippen LogP contribution in [-0.4, -0.2) is 58.6 Å². The van der Waals surface area contributed by atoms with Crippen LogP contribution >= 0.6 is 45.1 Å². The summed E-state index contributed by atoms with van der Waals surface area (Å²) >= 11 is 3.34. The van der Waals surface area contributed by atoms with Gasteiger partial charge in [0.1, 0.15) is 0 Å². The Morgan fingerprint density at radius 1 is 0.590 bits per heavy atom. The topological polar surface area (TPSA) is 71.8 Å². The average molecular weight is 937 g/mol. The SMILES string of the molecule is C=C(NC(C)C)C(C)C.CC(C)C=CC(C)C.CC(C)CCC(C)C.CC(C)NC(=O)SC(C)C.CC(C)SC(C)C.CC(C)SSC(C)C.CC(C)c1cn(C(C)C)nn1. The molecule has 0 saturated carbocycles. The molecule has 0 aliphatic rings. The molecular weight excluding hydrogens is 827 g/mol. The van der Waals surface area contributed by atoms with Crippen LogP contribution in [0.15, 0.2) is 30.6 Å². The van der Waals surface area contributed by atoms with Crippen molar-refractivity contribution in [2.24, 2.45) is 29.6 Å². The molecule has 0 aliphatic carbocycles. The van der Waals surface area contributed by atoms with Crippen molar-refractivity contribution in [2.45, 2.75) is 257 Å². The Bertz CT molecular complexity index is 1020. The van der Waals surface area contributed by atoms with E-state index in [-0.39, 0.29) is 11.3 Å². The molecule has 0 bridgehead atoms. The molecule has 0 spiro atoms. The molecule has 0 unspecified atom stereocenters. The van der Waals surface area contributed by atoms with Crippen molar-refractivity contribution in [1.82, 2.24) is 25.6 Å². The molecule has 0 fully saturated rings. The summed E-state index contributed by atoms with van der Waals surface area (Å²) in [6.45, 7) is 64.4. The number of carbonyl (C=O) groups is 1. The highest BCUT2D eigenvalue weighted by atomic mass is 33.1. The summed E-state index contributed by atoms with van der Waals surface area (Å²) in [5.74, 6) is 4.21. The van der Waals surface area contributed by atoms with Crippen molar-refractivity contribution in [3.63, 3.8) is 0 Å². The minimum Gasteiger partial charge on any atom is -0.386 e. The number of rotatable bonds is 17. The third-order valence-corrected chi connectivity index (χ3v) is 12.2. The van der Waals surface area contributed by atoms with Crippen LogP contribution in [0.1, 0.15) is 224 Å². The van der Waals surface area contributed by atoms with E-state index >= 15 is 0 Å². The summed E-state index contributed by atoms with van der Waals surface area (Å²) < 4.78 is 1.88. The molecule has 0 aromatic carbocycles. The molecule has 0 saturated heterocycles. The Morgan fingerprint density at radius 2 is 0.967 bits per heavy atom. The number of thioether (sulfide) groups is 2. The second-order valence-corrected chi connectivity index (χ2v) is 27.0. The van der Waals surface area contributed by atoms with Crippen LogP contribution in [0.5, 0.6) is 0 Å². The van der Waals surface area contributed by atoms with Gasteiger partial charge in [0.15, 0.2) is 0 Å². The molecule has 1 rings (SSSR count). The van der Waals surface area contributed by atoms with E-state index in [4.69, 9.17) is 0 Å². The molecule has 10 heteroatoms. The first-order valence-corrected chi connectivity index (χ1v) is 27.8. The van der Waals surface area contributed by atoms with Crippen LogP contribution in [0, 0.1) is 29.6 Å². The largest absolute Gasteiger partial charge is 0.386 e. The number of hydrogen-bond acceptors (Lipinski definition) is 8. The normalized spacial score (nSPS) is 11.2. The van der Waals surface area contributed by atoms with Gasteiger partial charge in [0.2, 0.25) is 0 Å². The van der Waals surface area contributed by atoms with Crippen molar-refractivity contribution >= 4 is 50.4 Å². The van der Waals surface area contributed by atoms with E-state index < -0.39 is 0 Å². The second-order valence-electron chi connectivity index (χ2n) is 19.9. The van der Waals surface area contributed by atoms with Crippen molar-refractivity contribution in [2.75, 3.05) is 0 Å². The minimum atomic E-state index is 0.0741. The maximum absolute atomic E-state index is 10.9. The molecule has 0 aliphatic heterocycles. The fourth-order valence-corrected chi connectivity index (χ4v) is 7.30. The van der Waals surface area contributed by atoms with Crippen LogP contribution in [0.3, 0.4) is 0 Å². The van der Waals surface area contributed by atoms with Gasteiger partial charge in [-0.2, -0.15) is 11.8 Å². The maximum atomic E-state index is 10.9. The Kier molecular flexibility index (Phi) is 54.0. The number of hydrogen-bond donors (Lipinski definition) is 2. The monoisotopic (exact) mass is 936 g/mol. The molecule has 1 heterocycles. The predicted molar refractivity (Wildman–Crippen MR) is 294 cm³/mol. The first-order valence-electron chi connectivity index (χ1n) is 23.7. The van der Waals surface area contributed by atoms with Gasteiger partial charge < -0.3 is 10.6 Å². The molecule has 1 aromatic heterocycles. The Labute approximate surface area is 401 Å². The summed E-state index contributed by atoms with van der Waals surface area (Å²) in [5.41, 5.74) is 2.20. The molecule has 2 N–H and O–H groups in total. The van der Waals surface area contributed by atoms with E-state index in [1.807, 2.05) is 71.9 Å². The lowest BCUT2D eigenvalue weighted by Gasteiger charge is -2.15. The number of nitrogens with one attached hydrogen (secondary N) is 2. The summed E-state index contributed by atoms with van der Waals surface area (Å²) in [4.78, 5) is 10.9. The van der Waals surface area contributed by atoms with Gasteiger partial charge in [0, 0.05) is 45.8 Å². The van der Waals surface area contributed by atoms with Crippen LogP contribution < -0.4 is 10.6 Å². The van der Waals surface area contributed by atoms with Gasteiger partial charge in [-0.25, -0.2) is 4.68 Å². The highest BCUT2D eigenvalue weighted by Gasteiger charge is 2.07. The lowest BCUT2D eigenvalue weighted by molar-refractivity contribution is 0.258. The molecule has 1 amide bonds. The zero-order chi connectivity index (χ0) is 49.6. The summed E-state index contributed by atoms with van der Waals surface area (Å²) in [6, 6.07) is 1.17. The number of allylic oxidation sites excluding steroid dienone is 3. The van der Waals surface area contributed by atoms with E-state index in [0.29, 0.717) is 41.0 Å². The fourth-order valence-electron chi connectivity index (χ4n) is 3.71. The van der Waals surface area contributed by atoms with E-state index in [9.17, 15) is 4.79 Å². The Hall–Kier alpha value is -0.710. The third kappa shape index (κ3) is 74.0. The second kappa shape index (κ2) is 45.8. The lowest BCUT2D eigenvalue weighted by atomic mass is 10.0. The first kappa shape index (κ1) is 71.9. The molecule has 61 heavy (non-hydrogen) atoms. The summed E-state index contributed by atoms with van der Waals surface area (Å²) in [5, 5.41) is 17.7.